The average molecular weight is 239 g/mol. The molecule has 0 saturated carbocycles. The Morgan fingerprint density at radius 1 is 1.69 bits per heavy atom. The molecule has 0 aliphatic carbocycles. The van der Waals surface area contributed by atoms with Crippen molar-refractivity contribution in [2.75, 3.05) is 24.6 Å². The molecule has 1 aliphatic rings. The summed E-state index contributed by atoms with van der Waals surface area (Å²) < 4.78 is 5.66. The molecule has 16 heavy (non-hydrogen) atoms. The molecule has 0 bridgehead atoms. The smallest absolute Gasteiger partial charge is 0.160 e. The zero-order valence-corrected chi connectivity index (χ0v) is 10.3. The Morgan fingerprint density at radius 2 is 2.56 bits per heavy atom. The second-order valence-electron chi connectivity index (χ2n) is 3.99. The van der Waals surface area contributed by atoms with E-state index >= 15 is 0 Å². The maximum Gasteiger partial charge on any atom is 0.160 e. The van der Waals surface area contributed by atoms with Gasteiger partial charge in [-0.15, -0.1) is 11.3 Å². The van der Waals surface area contributed by atoms with E-state index in [4.69, 9.17) is 4.74 Å². The number of rotatable bonds is 4. The lowest BCUT2D eigenvalue weighted by Crippen LogP contribution is -2.39. The molecule has 1 fully saturated rings. The van der Waals surface area contributed by atoms with Crippen LogP contribution in [0.2, 0.25) is 0 Å². The van der Waals surface area contributed by atoms with Crippen LogP contribution in [0.25, 0.3) is 0 Å². The predicted molar refractivity (Wildman–Crippen MR) is 66.6 cm³/mol. The van der Waals surface area contributed by atoms with Crippen LogP contribution in [0.15, 0.2) is 11.4 Å². The van der Waals surface area contributed by atoms with Crippen LogP contribution >= 0.6 is 11.3 Å². The number of thiophene rings is 1. The number of ether oxygens (including phenoxy) is 1. The van der Waals surface area contributed by atoms with Gasteiger partial charge < -0.3 is 9.64 Å². The van der Waals surface area contributed by atoms with Crippen molar-refractivity contribution in [1.82, 2.24) is 0 Å². The van der Waals surface area contributed by atoms with Crippen molar-refractivity contribution in [3.63, 3.8) is 0 Å². The molecule has 0 spiro atoms. The Balaban J connectivity index is 2.00. The number of nitrogens with zero attached hydrogens (tertiary/aromatic N) is 1. The summed E-state index contributed by atoms with van der Waals surface area (Å²) in [6.45, 7) is 4.83. The summed E-state index contributed by atoms with van der Waals surface area (Å²) in [5.74, 6) is 0. The maximum absolute atomic E-state index is 10.6. The van der Waals surface area contributed by atoms with Crippen LogP contribution in [0, 0.1) is 0 Å². The van der Waals surface area contributed by atoms with Crippen LogP contribution in [-0.2, 0) is 4.74 Å². The van der Waals surface area contributed by atoms with Crippen molar-refractivity contribution in [3.8, 4) is 0 Å². The van der Waals surface area contributed by atoms with Gasteiger partial charge in [-0.2, -0.15) is 0 Å². The third-order valence-electron chi connectivity index (χ3n) is 2.87. The van der Waals surface area contributed by atoms with Gasteiger partial charge in [-0.05, 0) is 25.8 Å². The summed E-state index contributed by atoms with van der Waals surface area (Å²) in [5, 5.41) is 2.05. The largest absolute Gasteiger partial charge is 0.377 e. The number of anilines is 1. The predicted octanol–water partition coefficient (Wildman–Crippen LogP) is 2.57. The minimum absolute atomic E-state index is 0.346. The Kier molecular flexibility index (Phi) is 3.96. The molecule has 1 aliphatic heterocycles. The third-order valence-corrected chi connectivity index (χ3v) is 3.71. The number of aldehydes is 1. The van der Waals surface area contributed by atoms with Crippen molar-refractivity contribution < 1.29 is 9.53 Å². The van der Waals surface area contributed by atoms with Crippen molar-refractivity contribution in [2.24, 2.45) is 0 Å². The Labute approximate surface area is 100 Å². The van der Waals surface area contributed by atoms with E-state index in [0.29, 0.717) is 6.10 Å². The average Bonchev–Trinajstić information content (AvgIpc) is 2.78. The first-order valence-electron chi connectivity index (χ1n) is 5.73. The highest BCUT2D eigenvalue weighted by Crippen LogP contribution is 2.25. The van der Waals surface area contributed by atoms with Gasteiger partial charge in [0.25, 0.3) is 0 Å². The van der Waals surface area contributed by atoms with Gasteiger partial charge in [-0.1, -0.05) is 0 Å². The van der Waals surface area contributed by atoms with Gasteiger partial charge in [0.15, 0.2) is 6.29 Å². The zero-order chi connectivity index (χ0) is 11.4. The van der Waals surface area contributed by atoms with Gasteiger partial charge in [-0.3, -0.25) is 4.79 Å². The number of carbonyl (C=O) groups excluding carboxylic acids is 1. The minimum atomic E-state index is 0.346. The topological polar surface area (TPSA) is 29.5 Å². The molecule has 0 aromatic carbocycles. The molecule has 4 heteroatoms. The van der Waals surface area contributed by atoms with Crippen molar-refractivity contribution in [3.05, 3.63) is 16.3 Å². The Bertz CT molecular complexity index is 349. The monoisotopic (exact) mass is 239 g/mol. The van der Waals surface area contributed by atoms with Gasteiger partial charge in [0.1, 0.15) is 0 Å². The van der Waals surface area contributed by atoms with Crippen molar-refractivity contribution in [2.45, 2.75) is 25.9 Å². The fourth-order valence-electron chi connectivity index (χ4n) is 2.11. The molecule has 1 atom stereocenters. The third kappa shape index (κ3) is 2.62. The highest BCUT2D eigenvalue weighted by molar-refractivity contribution is 7.12. The first-order valence-corrected chi connectivity index (χ1v) is 6.61. The fraction of sp³-hybridized carbons (Fsp3) is 0.583. The molecular weight excluding hydrogens is 222 g/mol. The van der Waals surface area contributed by atoms with Crippen LogP contribution < -0.4 is 4.90 Å². The summed E-state index contributed by atoms with van der Waals surface area (Å²) in [5.41, 5.74) is 1.16. The van der Waals surface area contributed by atoms with E-state index in [2.05, 4.69) is 10.3 Å². The normalized spacial score (nSPS) is 21.1. The minimum Gasteiger partial charge on any atom is -0.377 e. The van der Waals surface area contributed by atoms with Gasteiger partial charge in [0, 0.05) is 30.8 Å². The lowest BCUT2D eigenvalue weighted by Gasteiger charge is -2.33. The summed E-state index contributed by atoms with van der Waals surface area (Å²) in [7, 11) is 0. The number of hydrogen-bond acceptors (Lipinski definition) is 4. The van der Waals surface area contributed by atoms with Crippen molar-refractivity contribution in [1.29, 1.82) is 0 Å². The van der Waals surface area contributed by atoms with Crippen LogP contribution in [0.4, 0.5) is 5.69 Å². The van der Waals surface area contributed by atoms with E-state index in [1.807, 2.05) is 13.0 Å². The van der Waals surface area contributed by atoms with Crippen molar-refractivity contribution >= 4 is 23.3 Å². The Morgan fingerprint density at radius 3 is 3.25 bits per heavy atom. The van der Waals surface area contributed by atoms with Gasteiger partial charge in [0.2, 0.25) is 0 Å². The van der Waals surface area contributed by atoms with Crippen LogP contribution in [0.3, 0.4) is 0 Å². The lowest BCUT2D eigenvalue weighted by molar-refractivity contribution is 0.0527. The van der Waals surface area contributed by atoms with E-state index in [1.54, 1.807) is 0 Å². The van der Waals surface area contributed by atoms with Gasteiger partial charge in [-0.25, -0.2) is 0 Å². The molecule has 0 N–H and O–H groups in total. The first kappa shape index (κ1) is 11.6. The molecule has 0 amide bonds. The van der Waals surface area contributed by atoms with E-state index in [9.17, 15) is 4.79 Å². The quantitative estimate of drug-likeness (QED) is 0.756. The van der Waals surface area contributed by atoms with Gasteiger partial charge >= 0.3 is 0 Å². The molecule has 0 radical (unpaired) electrons. The lowest BCUT2D eigenvalue weighted by atomic mass is 10.1. The highest BCUT2D eigenvalue weighted by Gasteiger charge is 2.20. The maximum atomic E-state index is 10.6. The van der Waals surface area contributed by atoms with E-state index < -0.39 is 0 Å². The molecule has 2 heterocycles. The van der Waals surface area contributed by atoms with Gasteiger partial charge in [0.05, 0.1) is 11.0 Å². The molecule has 1 saturated heterocycles. The number of carbonyl (C=O) groups is 1. The summed E-state index contributed by atoms with van der Waals surface area (Å²) >= 11 is 1.51. The molecule has 2 rings (SSSR count). The highest BCUT2D eigenvalue weighted by atomic mass is 32.1. The van der Waals surface area contributed by atoms with E-state index in [-0.39, 0.29) is 0 Å². The summed E-state index contributed by atoms with van der Waals surface area (Å²) in [4.78, 5) is 13.7. The van der Waals surface area contributed by atoms with Crippen LogP contribution in [0.5, 0.6) is 0 Å². The van der Waals surface area contributed by atoms with E-state index in [0.717, 1.165) is 49.4 Å². The summed E-state index contributed by atoms with van der Waals surface area (Å²) in [6.07, 6.45) is 3.57. The zero-order valence-electron chi connectivity index (χ0n) is 9.52. The number of hydrogen-bond donors (Lipinski definition) is 0. The molecule has 88 valence electrons. The standard InChI is InChI=1S/C12H17NO2S/c1-2-15-11-4-3-5-13(7-11)10-6-12(8-14)16-9-10/h6,8-9,11H,2-5,7H2,1H3. The fourth-order valence-corrected chi connectivity index (χ4v) is 2.83. The molecular formula is C12H17NO2S. The molecule has 3 nitrogen and oxygen atoms in total. The van der Waals surface area contributed by atoms with E-state index in [1.165, 1.54) is 11.3 Å². The second-order valence-corrected chi connectivity index (χ2v) is 4.93. The SMILES string of the molecule is CCOC1CCCN(c2csc(C=O)c2)C1. The second kappa shape index (κ2) is 5.46. The first-order chi connectivity index (χ1) is 7.83. The van der Waals surface area contributed by atoms with Crippen LogP contribution in [0.1, 0.15) is 29.4 Å². The Hall–Kier alpha value is -0.870. The molecule has 1 aromatic heterocycles. The molecule has 1 unspecified atom stereocenters. The summed E-state index contributed by atoms with van der Waals surface area (Å²) in [6, 6.07) is 1.96. The van der Waals surface area contributed by atoms with Crippen LogP contribution in [-0.4, -0.2) is 32.1 Å². The number of piperidine rings is 1. The molecule has 1 aromatic rings.